The van der Waals surface area contributed by atoms with Crippen molar-refractivity contribution in [1.29, 1.82) is 5.26 Å². The van der Waals surface area contributed by atoms with Gasteiger partial charge in [-0.05, 0) is 34.1 Å². The predicted octanol–water partition coefficient (Wildman–Crippen LogP) is 1.20. The highest BCUT2D eigenvalue weighted by molar-refractivity contribution is 9.11. The maximum Gasteiger partial charge on any atom is 0.370 e. The van der Waals surface area contributed by atoms with Gasteiger partial charge in [-0.3, -0.25) is 4.79 Å². The number of ether oxygens (including phenoxy) is 1. The number of nitrogens with zero attached hydrogens (tertiary/aromatic N) is 3. The lowest BCUT2D eigenvalue weighted by atomic mass is 9.91. The fourth-order valence-corrected chi connectivity index (χ4v) is 4.93. The van der Waals surface area contributed by atoms with E-state index >= 15 is 0 Å². The monoisotopic (exact) mass is 600 g/mol. The number of aromatic nitrogens is 2. The van der Waals surface area contributed by atoms with Crippen molar-refractivity contribution in [1.82, 2.24) is 15.1 Å². The van der Waals surface area contributed by atoms with Crippen molar-refractivity contribution in [2.24, 2.45) is 5.92 Å². The number of aliphatic carboxylic acids is 1. The van der Waals surface area contributed by atoms with Gasteiger partial charge in [0.25, 0.3) is 0 Å². The molecule has 1 amide bonds. The van der Waals surface area contributed by atoms with Crippen LogP contribution in [0.1, 0.15) is 25.6 Å². The third-order valence-corrected chi connectivity index (χ3v) is 6.44. The van der Waals surface area contributed by atoms with E-state index in [9.17, 15) is 35.3 Å². The van der Waals surface area contributed by atoms with E-state index in [4.69, 9.17) is 4.74 Å². The number of benzene rings is 1. The number of hydrogen-bond acceptors (Lipinski definition) is 8. The van der Waals surface area contributed by atoms with Gasteiger partial charge in [-0.2, -0.15) is 10.4 Å². The van der Waals surface area contributed by atoms with E-state index < -0.39 is 60.6 Å². The molecule has 2 aromatic rings. The molecule has 5 atom stereocenters. The molecule has 0 bridgehead atoms. The van der Waals surface area contributed by atoms with E-state index in [-0.39, 0.29) is 5.69 Å². The molecule has 0 unspecified atom stereocenters. The summed E-state index contributed by atoms with van der Waals surface area (Å²) in [4.78, 5) is 24.4. The second kappa shape index (κ2) is 10.4. The summed E-state index contributed by atoms with van der Waals surface area (Å²) in [5.74, 6) is -2.96. The number of carbonyl (C=O) groups is 2. The van der Waals surface area contributed by atoms with Gasteiger partial charge in [-0.25, -0.2) is 9.48 Å². The lowest BCUT2D eigenvalue weighted by Crippen LogP contribution is -2.59. The van der Waals surface area contributed by atoms with E-state index in [0.29, 0.717) is 19.8 Å². The summed E-state index contributed by atoms with van der Waals surface area (Å²) in [5.41, 5.74) is 0.488. The van der Waals surface area contributed by atoms with Gasteiger partial charge in [-0.15, -0.1) is 0 Å². The van der Waals surface area contributed by atoms with Crippen LogP contribution in [0.25, 0.3) is 10.9 Å². The Balaban J connectivity index is 2.26. The maximum atomic E-state index is 12.6. The van der Waals surface area contributed by atoms with Gasteiger partial charge in [0.15, 0.2) is 0 Å². The van der Waals surface area contributed by atoms with Crippen molar-refractivity contribution in [2.75, 3.05) is 6.61 Å². The number of fused-ring (bicyclic) bond motifs is 1. The largest absolute Gasteiger partial charge is 0.478 e. The zero-order chi connectivity index (χ0) is 25.3. The van der Waals surface area contributed by atoms with Crippen molar-refractivity contribution >= 4 is 54.6 Å². The van der Waals surface area contributed by atoms with Crippen molar-refractivity contribution in [2.45, 2.75) is 44.2 Å². The smallest absolute Gasteiger partial charge is 0.370 e. The third-order valence-electron chi connectivity index (χ3n) is 5.38. The SMILES string of the molecule is CC(C)C(=O)N[C@H]1[C@H]([C@H](O)[C@H](O)CO)OC(C(=O)O)=C[C@@H]1n1nc2c(Br)cc(Br)cc2c1C#N. The summed E-state index contributed by atoms with van der Waals surface area (Å²) in [6.45, 7) is 2.44. The summed E-state index contributed by atoms with van der Waals surface area (Å²) in [6.07, 6.45) is -3.77. The highest BCUT2D eigenvalue weighted by Gasteiger charge is 2.45. The molecule has 34 heavy (non-hydrogen) atoms. The normalized spacial score (nSPS) is 22.0. The van der Waals surface area contributed by atoms with Crippen LogP contribution in [0.2, 0.25) is 0 Å². The third kappa shape index (κ3) is 4.96. The van der Waals surface area contributed by atoms with Gasteiger partial charge in [0.2, 0.25) is 11.7 Å². The molecule has 5 N–H and O–H groups in total. The molecule has 1 aromatic carbocycles. The van der Waals surface area contributed by atoms with Gasteiger partial charge in [0.1, 0.15) is 35.6 Å². The van der Waals surface area contributed by atoms with Crippen LogP contribution in [0.4, 0.5) is 0 Å². The number of nitrogens with one attached hydrogen (secondary N) is 1. The molecule has 0 saturated heterocycles. The lowest BCUT2D eigenvalue weighted by Gasteiger charge is -2.40. The molecule has 1 aromatic heterocycles. The molecule has 1 aliphatic rings. The molecule has 13 heteroatoms. The number of aliphatic hydroxyl groups is 3. The zero-order valence-electron chi connectivity index (χ0n) is 18.0. The quantitative estimate of drug-likeness (QED) is 0.312. The minimum absolute atomic E-state index is 0.0737. The molecule has 1 aliphatic heterocycles. The Morgan fingerprint density at radius 3 is 2.56 bits per heavy atom. The summed E-state index contributed by atoms with van der Waals surface area (Å²) in [7, 11) is 0. The fraction of sp³-hybridized carbons (Fsp3) is 0.429. The Hall–Kier alpha value is -2.50. The first kappa shape index (κ1) is 26.1. The first-order valence-corrected chi connectivity index (χ1v) is 11.7. The number of amides is 1. The van der Waals surface area contributed by atoms with Crippen LogP contribution in [-0.2, 0) is 14.3 Å². The minimum atomic E-state index is -1.77. The summed E-state index contributed by atoms with van der Waals surface area (Å²) >= 11 is 6.77. The van der Waals surface area contributed by atoms with Crippen LogP contribution in [0, 0.1) is 17.2 Å². The van der Waals surface area contributed by atoms with E-state index in [1.165, 1.54) is 10.8 Å². The number of carboxylic acids is 1. The molecule has 0 radical (unpaired) electrons. The average Bonchev–Trinajstić information content (AvgIpc) is 3.16. The topological polar surface area (TPSA) is 178 Å². The van der Waals surface area contributed by atoms with Gasteiger partial charge in [-0.1, -0.05) is 29.8 Å². The first-order valence-electron chi connectivity index (χ1n) is 10.2. The Bertz CT molecular complexity index is 1190. The number of carbonyl (C=O) groups excluding carboxylic acids is 1. The van der Waals surface area contributed by atoms with Crippen LogP contribution < -0.4 is 5.32 Å². The number of aliphatic hydroxyl groups excluding tert-OH is 3. The van der Waals surface area contributed by atoms with E-state index in [1.807, 2.05) is 0 Å². The standard InChI is InChI=1S/C21H22Br2N4O7/c1-8(2)20(31)25-17-12(5-15(21(32)33)34-19(17)18(30)14(29)7-28)27-13(6-24)10-3-9(22)4-11(23)16(10)26-27/h3-5,8,12,14,17-19,28-30H,7H2,1-2H3,(H,25,31)(H,32,33)/t12-,14+,17+,18+,19+/m0/s1. The van der Waals surface area contributed by atoms with Crippen LogP contribution in [-0.4, -0.2) is 73.0 Å². The van der Waals surface area contributed by atoms with Crippen molar-refractivity contribution in [3.05, 3.63) is 38.6 Å². The Labute approximate surface area is 210 Å². The van der Waals surface area contributed by atoms with Crippen LogP contribution in [0.3, 0.4) is 0 Å². The molecular formula is C21H22Br2N4O7. The second-order valence-corrected chi connectivity index (χ2v) is 9.80. The Kier molecular flexibility index (Phi) is 7.99. The van der Waals surface area contributed by atoms with Crippen LogP contribution >= 0.6 is 31.9 Å². The number of halogens is 2. The lowest BCUT2D eigenvalue weighted by molar-refractivity contribution is -0.147. The fourth-order valence-electron chi connectivity index (χ4n) is 3.62. The molecule has 0 saturated carbocycles. The Morgan fingerprint density at radius 1 is 1.32 bits per heavy atom. The number of carboxylic acid groups (broad SMARTS) is 1. The summed E-state index contributed by atoms with van der Waals surface area (Å²) < 4.78 is 7.94. The molecule has 11 nitrogen and oxygen atoms in total. The predicted molar refractivity (Wildman–Crippen MR) is 125 cm³/mol. The van der Waals surface area contributed by atoms with E-state index in [1.54, 1.807) is 26.0 Å². The summed E-state index contributed by atoms with van der Waals surface area (Å²) in [6, 6.07) is 3.22. The summed E-state index contributed by atoms with van der Waals surface area (Å²) in [5, 5.41) is 57.3. The minimum Gasteiger partial charge on any atom is -0.478 e. The molecular weight excluding hydrogens is 580 g/mol. The van der Waals surface area contributed by atoms with E-state index in [0.717, 1.165) is 0 Å². The van der Waals surface area contributed by atoms with Crippen molar-refractivity contribution < 1.29 is 34.8 Å². The van der Waals surface area contributed by atoms with E-state index in [2.05, 4.69) is 48.3 Å². The molecule has 182 valence electrons. The maximum absolute atomic E-state index is 12.6. The van der Waals surface area contributed by atoms with Crippen LogP contribution in [0.15, 0.2) is 32.9 Å². The average molecular weight is 602 g/mol. The Morgan fingerprint density at radius 2 is 2.00 bits per heavy atom. The van der Waals surface area contributed by atoms with Crippen LogP contribution in [0.5, 0.6) is 0 Å². The van der Waals surface area contributed by atoms with Gasteiger partial charge in [0.05, 0.1) is 18.7 Å². The molecule has 0 spiro atoms. The highest BCUT2D eigenvalue weighted by Crippen LogP contribution is 2.35. The number of nitriles is 1. The second-order valence-electron chi connectivity index (χ2n) is 8.03. The zero-order valence-corrected chi connectivity index (χ0v) is 21.2. The van der Waals surface area contributed by atoms with Gasteiger partial charge in [0, 0.05) is 20.2 Å². The number of hydrogen-bond donors (Lipinski definition) is 5. The molecule has 0 fully saturated rings. The molecule has 2 heterocycles. The molecule has 0 aliphatic carbocycles. The van der Waals surface area contributed by atoms with Gasteiger partial charge < -0.3 is 30.5 Å². The number of rotatable bonds is 7. The molecule has 3 rings (SSSR count). The highest BCUT2D eigenvalue weighted by atomic mass is 79.9. The van der Waals surface area contributed by atoms with Crippen molar-refractivity contribution in [3.63, 3.8) is 0 Å². The van der Waals surface area contributed by atoms with Crippen molar-refractivity contribution in [3.8, 4) is 6.07 Å². The first-order chi connectivity index (χ1) is 16.0. The van der Waals surface area contributed by atoms with Gasteiger partial charge >= 0.3 is 5.97 Å².